The minimum Gasteiger partial charge on any atom is -0.353 e. The second-order valence-corrected chi connectivity index (χ2v) is 5.80. The molecule has 1 unspecified atom stereocenters. The van der Waals surface area contributed by atoms with E-state index in [-0.39, 0.29) is 17.4 Å². The van der Waals surface area contributed by atoms with Gasteiger partial charge >= 0.3 is 0 Å². The van der Waals surface area contributed by atoms with Gasteiger partial charge in [-0.1, -0.05) is 27.7 Å². The van der Waals surface area contributed by atoms with Crippen molar-refractivity contribution in [2.45, 2.75) is 59.9 Å². The van der Waals surface area contributed by atoms with E-state index >= 15 is 0 Å². The Hall–Kier alpha value is -0.570. The molecule has 0 aromatic carbocycles. The van der Waals surface area contributed by atoms with E-state index in [4.69, 9.17) is 5.73 Å². The third-order valence-corrected chi connectivity index (χ3v) is 3.24. The Bertz CT molecular complexity index is 212. The molecule has 3 heteroatoms. The van der Waals surface area contributed by atoms with Gasteiger partial charge in [0.05, 0.1) is 0 Å². The average molecular weight is 228 g/mol. The molecule has 0 heterocycles. The standard InChI is InChI=1S/C13H28N2O/c1-10(2)11(3)15-12(16)6-7-13(4,5)8-9-14/h10-11H,6-9,14H2,1-5H3,(H,15,16). The van der Waals surface area contributed by atoms with Crippen LogP contribution < -0.4 is 11.1 Å². The molecule has 0 aromatic rings. The summed E-state index contributed by atoms with van der Waals surface area (Å²) in [5.41, 5.74) is 5.71. The lowest BCUT2D eigenvalue weighted by atomic mass is 9.84. The number of nitrogens with two attached hydrogens (primary N) is 1. The third kappa shape index (κ3) is 6.83. The summed E-state index contributed by atoms with van der Waals surface area (Å²) in [6.07, 6.45) is 2.48. The molecule has 0 rings (SSSR count). The first kappa shape index (κ1) is 15.4. The lowest BCUT2D eigenvalue weighted by Crippen LogP contribution is -2.36. The minimum atomic E-state index is 0.159. The number of rotatable bonds is 7. The highest BCUT2D eigenvalue weighted by Crippen LogP contribution is 2.25. The van der Waals surface area contributed by atoms with Crippen LogP contribution in [0.5, 0.6) is 0 Å². The summed E-state index contributed by atoms with van der Waals surface area (Å²) >= 11 is 0. The lowest BCUT2D eigenvalue weighted by Gasteiger charge is -2.24. The van der Waals surface area contributed by atoms with Crippen LogP contribution >= 0.6 is 0 Å². The van der Waals surface area contributed by atoms with E-state index in [1.807, 2.05) is 6.92 Å². The summed E-state index contributed by atoms with van der Waals surface area (Å²) in [6, 6.07) is 0.255. The van der Waals surface area contributed by atoms with Crippen molar-refractivity contribution < 1.29 is 4.79 Å². The van der Waals surface area contributed by atoms with Crippen molar-refractivity contribution in [2.24, 2.45) is 17.1 Å². The van der Waals surface area contributed by atoms with Gasteiger partial charge in [-0.2, -0.15) is 0 Å². The highest BCUT2D eigenvalue weighted by Gasteiger charge is 2.19. The molecule has 1 atom stereocenters. The molecule has 0 bridgehead atoms. The van der Waals surface area contributed by atoms with E-state index in [0.29, 0.717) is 18.9 Å². The molecular weight excluding hydrogens is 200 g/mol. The summed E-state index contributed by atoms with van der Waals surface area (Å²) in [7, 11) is 0. The van der Waals surface area contributed by atoms with Crippen LogP contribution in [0.15, 0.2) is 0 Å². The van der Waals surface area contributed by atoms with Gasteiger partial charge in [0.1, 0.15) is 0 Å². The molecule has 0 aromatic heterocycles. The van der Waals surface area contributed by atoms with Gasteiger partial charge in [-0.3, -0.25) is 4.79 Å². The fourth-order valence-electron chi connectivity index (χ4n) is 1.46. The summed E-state index contributed by atoms with van der Waals surface area (Å²) in [4.78, 5) is 11.7. The van der Waals surface area contributed by atoms with Crippen LogP contribution in [-0.2, 0) is 4.79 Å². The number of hydrogen-bond donors (Lipinski definition) is 2. The number of nitrogens with one attached hydrogen (secondary N) is 1. The second kappa shape index (κ2) is 6.89. The molecule has 0 fully saturated rings. The predicted octanol–water partition coefficient (Wildman–Crippen LogP) is 2.30. The van der Waals surface area contributed by atoms with E-state index in [1.54, 1.807) is 0 Å². The molecular formula is C13H28N2O. The SMILES string of the molecule is CC(C)C(C)NC(=O)CCC(C)(C)CCN. The van der Waals surface area contributed by atoms with Crippen molar-refractivity contribution in [3.8, 4) is 0 Å². The first-order valence-electron chi connectivity index (χ1n) is 6.28. The molecule has 3 nitrogen and oxygen atoms in total. The van der Waals surface area contributed by atoms with Gasteiger partial charge < -0.3 is 11.1 Å². The maximum atomic E-state index is 11.7. The third-order valence-electron chi connectivity index (χ3n) is 3.24. The van der Waals surface area contributed by atoms with Gasteiger partial charge in [-0.25, -0.2) is 0 Å². The van der Waals surface area contributed by atoms with Crippen LogP contribution in [0.4, 0.5) is 0 Å². The van der Waals surface area contributed by atoms with Gasteiger partial charge in [0.15, 0.2) is 0 Å². The smallest absolute Gasteiger partial charge is 0.220 e. The number of amides is 1. The van der Waals surface area contributed by atoms with Crippen molar-refractivity contribution in [1.82, 2.24) is 5.32 Å². The number of hydrogen-bond acceptors (Lipinski definition) is 2. The Morgan fingerprint density at radius 1 is 1.25 bits per heavy atom. The van der Waals surface area contributed by atoms with Gasteiger partial charge in [0.25, 0.3) is 0 Å². The Morgan fingerprint density at radius 3 is 2.25 bits per heavy atom. The number of carbonyl (C=O) groups is 1. The maximum Gasteiger partial charge on any atom is 0.220 e. The van der Waals surface area contributed by atoms with E-state index in [2.05, 4.69) is 33.0 Å². The molecule has 0 aliphatic carbocycles. The Labute approximate surface area is 100 Å². The van der Waals surface area contributed by atoms with E-state index in [9.17, 15) is 4.79 Å². The van der Waals surface area contributed by atoms with E-state index in [0.717, 1.165) is 12.8 Å². The Kier molecular flexibility index (Phi) is 6.65. The highest BCUT2D eigenvalue weighted by molar-refractivity contribution is 5.76. The second-order valence-electron chi connectivity index (χ2n) is 5.80. The largest absolute Gasteiger partial charge is 0.353 e. The van der Waals surface area contributed by atoms with Crippen molar-refractivity contribution in [1.29, 1.82) is 0 Å². The van der Waals surface area contributed by atoms with Crippen molar-refractivity contribution in [3.63, 3.8) is 0 Å². The Morgan fingerprint density at radius 2 is 1.81 bits per heavy atom. The lowest BCUT2D eigenvalue weighted by molar-refractivity contribution is -0.122. The highest BCUT2D eigenvalue weighted by atomic mass is 16.1. The van der Waals surface area contributed by atoms with Crippen LogP contribution in [0.1, 0.15) is 53.9 Å². The van der Waals surface area contributed by atoms with Crippen LogP contribution in [0.2, 0.25) is 0 Å². The monoisotopic (exact) mass is 228 g/mol. The molecule has 0 saturated carbocycles. The fraction of sp³-hybridized carbons (Fsp3) is 0.923. The molecule has 0 aliphatic heterocycles. The Balaban J connectivity index is 3.89. The van der Waals surface area contributed by atoms with Crippen LogP contribution in [0.25, 0.3) is 0 Å². The fourth-order valence-corrected chi connectivity index (χ4v) is 1.46. The summed E-state index contributed by atoms with van der Waals surface area (Å²) in [5.74, 6) is 0.646. The zero-order valence-corrected chi connectivity index (χ0v) is 11.5. The topological polar surface area (TPSA) is 55.1 Å². The zero-order chi connectivity index (χ0) is 12.8. The zero-order valence-electron chi connectivity index (χ0n) is 11.5. The summed E-state index contributed by atoms with van der Waals surface area (Å²) in [6.45, 7) is 11.3. The first-order chi connectivity index (χ1) is 7.28. The average Bonchev–Trinajstić information content (AvgIpc) is 2.14. The van der Waals surface area contributed by atoms with Crippen LogP contribution in [0.3, 0.4) is 0 Å². The predicted molar refractivity (Wildman–Crippen MR) is 69.1 cm³/mol. The van der Waals surface area contributed by atoms with Crippen molar-refractivity contribution in [2.75, 3.05) is 6.54 Å². The quantitative estimate of drug-likeness (QED) is 0.702. The molecule has 0 aliphatic rings. The molecule has 3 N–H and O–H groups in total. The van der Waals surface area contributed by atoms with Crippen molar-refractivity contribution >= 4 is 5.91 Å². The summed E-state index contributed by atoms with van der Waals surface area (Å²) in [5, 5.41) is 3.02. The molecule has 0 radical (unpaired) electrons. The molecule has 1 amide bonds. The minimum absolute atomic E-state index is 0.159. The van der Waals surface area contributed by atoms with E-state index in [1.165, 1.54) is 0 Å². The van der Waals surface area contributed by atoms with Crippen LogP contribution in [0, 0.1) is 11.3 Å². The van der Waals surface area contributed by atoms with Gasteiger partial charge in [-0.15, -0.1) is 0 Å². The normalized spacial score (nSPS) is 13.9. The maximum absolute atomic E-state index is 11.7. The van der Waals surface area contributed by atoms with Gasteiger partial charge in [0, 0.05) is 12.5 Å². The molecule has 16 heavy (non-hydrogen) atoms. The summed E-state index contributed by atoms with van der Waals surface area (Å²) < 4.78 is 0. The van der Waals surface area contributed by atoms with Gasteiger partial charge in [-0.05, 0) is 37.6 Å². The molecule has 0 spiro atoms. The first-order valence-corrected chi connectivity index (χ1v) is 6.28. The van der Waals surface area contributed by atoms with Crippen LogP contribution in [-0.4, -0.2) is 18.5 Å². The van der Waals surface area contributed by atoms with E-state index < -0.39 is 0 Å². The number of carbonyl (C=O) groups excluding carboxylic acids is 1. The van der Waals surface area contributed by atoms with Gasteiger partial charge in [0.2, 0.25) is 5.91 Å². The molecule has 0 saturated heterocycles. The van der Waals surface area contributed by atoms with Crippen molar-refractivity contribution in [3.05, 3.63) is 0 Å². The molecule has 96 valence electrons.